The predicted molar refractivity (Wildman–Crippen MR) is 82.0 cm³/mol. The Labute approximate surface area is 131 Å². The second kappa shape index (κ2) is 6.96. The van der Waals surface area contributed by atoms with Crippen LogP contribution in [0, 0.1) is 11.8 Å². The van der Waals surface area contributed by atoms with Crippen molar-refractivity contribution in [2.24, 2.45) is 17.6 Å². The Bertz CT molecular complexity index is 423. The van der Waals surface area contributed by atoms with Crippen molar-refractivity contribution in [3.63, 3.8) is 0 Å². The summed E-state index contributed by atoms with van der Waals surface area (Å²) < 4.78 is 5.35. The van der Waals surface area contributed by atoms with Gasteiger partial charge in [0, 0.05) is 57.8 Å². The lowest BCUT2D eigenvalue weighted by molar-refractivity contribution is -0.147. The Balaban J connectivity index is 1.61. The third-order valence-electron chi connectivity index (χ3n) is 5.40. The summed E-state index contributed by atoms with van der Waals surface area (Å²) in [7, 11) is 0. The summed E-state index contributed by atoms with van der Waals surface area (Å²) in [5.41, 5.74) is 5.65. The molecule has 2 amide bonds. The van der Waals surface area contributed by atoms with Crippen LogP contribution in [0.15, 0.2) is 0 Å². The maximum Gasteiger partial charge on any atom is 0.225 e. The van der Waals surface area contributed by atoms with Crippen LogP contribution in [0.5, 0.6) is 0 Å². The van der Waals surface area contributed by atoms with E-state index < -0.39 is 0 Å². The molecule has 22 heavy (non-hydrogen) atoms. The van der Waals surface area contributed by atoms with Crippen LogP contribution in [0.3, 0.4) is 0 Å². The molecule has 3 aliphatic heterocycles. The van der Waals surface area contributed by atoms with Gasteiger partial charge in [-0.2, -0.15) is 0 Å². The number of rotatable bonds is 3. The molecule has 3 fully saturated rings. The van der Waals surface area contributed by atoms with E-state index >= 15 is 0 Å². The summed E-state index contributed by atoms with van der Waals surface area (Å²) >= 11 is 0. The van der Waals surface area contributed by atoms with Crippen molar-refractivity contribution in [2.45, 2.75) is 38.1 Å². The highest BCUT2D eigenvalue weighted by Crippen LogP contribution is 2.32. The molecule has 0 saturated carbocycles. The van der Waals surface area contributed by atoms with Gasteiger partial charge in [0.2, 0.25) is 11.8 Å². The van der Waals surface area contributed by atoms with E-state index in [4.69, 9.17) is 10.5 Å². The zero-order valence-electron chi connectivity index (χ0n) is 13.2. The molecule has 0 aromatic carbocycles. The third-order valence-corrected chi connectivity index (χ3v) is 5.40. The van der Waals surface area contributed by atoms with Gasteiger partial charge >= 0.3 is 0 Å². The van der Waals surface area contributed by atoms with E-state index in [-0.39, 0.29) is 17.9 Å². The van der Waals surface area contributed by atoms with Crippen molar-refractivity contribution < 1.29 is 14.3 Å². The van der Waals surface area contributed by atoms with Crippen LogP contribution in [-0.2, 0) is 14.3 Å². The third kappa shape index (κ3) is 3.13. The molecule has 2 atom stereocenters. The molecule has 0 aromatic rings. The van der Waals surface area contributed by atoms with Crippen LogP contribution in [0.1, 0.15) is 32.1 Å². The minimum atomic E-state index is 0.135. The molecule has 2 N–H and O–H groups in total. The van der Waals surface area contributed by atoms with Crippen LogP contribution in [0.4, 0.5) is 0 Å². The standard InChI is InChI=1S/C16H27N3O3/c17-6-8-19-14-3-7-18(11-13(14)1-2-15(19)20)16(21)12-4-9-22-10-5-12/h12-14H,1-11,17H2. The Morgan fingerprint density at radius 1 is 1.23 bits per heavy atom. The number of hydrogen-bond acceptors (Lipinski definition) is 4. The van der Waals surface area contributed by atoms with Crippen LogP contribution in [-0.4, -0.2) is 67.0 Å². The van der Waals surface area contributed by atoms with Gasteiger partial charge in [0.15, 0.2) is 0 Å². The van der Waals surface area contributed by atoms with Gasteiger partial charge in [0.1, 0.15) is 0 Å². The zero-order chi connectivity index (χ0) is 15.5. The summed E-state index contributed by atoms with van der Waals surface area (Å²) in [6.07, 6.45) is 4.09. The van der Waals surface area contributed by atoms with Crippen LogP contribution in [0.25, 0.3) is 0 Å². The fraction of sp³-hybridized carbons (Fsp3) is 0.875. The van der Waals surface area contributed by atoms with E-state index in [1.54, 1.807) is 0 Å². The molecule has 2 unspecified atom stereocenters. The molecule has 124 valence electrons. The first-order valence-corrected chi connectivity index (χ1v) is 8.56. The monoisotopic (exact) mass is 309 g/mol. The number of nitrogens with zero attached hydrogens (tertiary/aromatic N) is 2. The van der Waals surface area contributed by atoms with E-state index in [0.29, 0.717) is 44.5 Å². The molecule has 0 aromatic heterocycles. The second-order valence-electron chi connectivity index (χ2n) is 6.70. The normalized spacial score (nSPS) is 30.3. The van der Waals surface area contributed by atoms with Crippen molar-refractivity contribution in [1.29, 1.82) is 0 Å². The number of piperidine rings is 2. The molecule has 3 heterocycles. The minimum Gasteiger partial charge on any atom is -0.381 e. The van der Waals surface area contributed by atoms with Crippen molar-refractivity contribution >= 4 is 11.8 Å². The number of carbonyl (C=O) groups is 2. The van der Waals surface area contributed by atoms with Crippen molar-refractivity contribution in [3.05, 3.63) is 0 Å². The Morgan fingerprint density at radius 2 is 2.00 bits per heavy atom. The summed E-state index contributed by atoms with van der Waals surface area (Å²) in [5, 5.41) is 0. The predicted octanol–water partition coefficient (Wildman–Crippen LogP) is 0.211. The largest absolute Gasteiger partial charge is 0.381 e. The van der Waals surface area contributed by atoms with E-state index in [1.807, 2.05) is 9.80 Å². The van der Waals surface area contributed by atoms with Crippen LogP contribution >= 0.6 is 0 Å². The van der Waals surface area contributed by atoms with Crippen molar-refractivity contribution in [2.75, 3.05) is 39.4 Å². The number of likely N-dealkylation sites (tertiary alicyclic amines) is 2. The van der Waals surface area contributed by atoms with Gasteiger partial charge in [-0.3, -0.25) is 9.59 Å². The number of hydrogen-bond donors (Lipinski definition) is 1. The molecule has 3 saturated heterocycles. The maximum atomic E-state index is 12.7. The smallest absolute Gasteiger partial charge is 0.225 e. The first-order chi connectivity index (χ1) is 10.7. The molecular formula is C16H27N3O3. The summed E-state index contributed by atoms with van der Waals surface area (Å²) in [6, 6.07) is 0.281. The number of fused-ring (bicyclic) bond motifs is 1. The SMILES string of the molecule is NCCN1C(=O)CCC2CN(C(=O)C3CCOCC3)CCC21. The zero-order valence-corrected chi connectivity index (χ0v) is 13.2. The number of amides is 2. The number of nitrogens with two attached hydrogens (primary N) is 1. The van der Waals surface area contributed by atoms with Gasteiger partial charge < -0.3 is 20.3 Å². The van der Waals surface area contributed by atoms with E-state index in [0.717, 1.165) is 38.8 Å². The van der Waals surface area contributed by atoms with Crippen molar-refractivity contribution in [1.82, 2.24) is 9.80 Å². The average molecular weight is 309 g/mol. The molecular weight excluding hydrogens is 282 g/mol. The van der Waals surface area contributed by atoms with E-state index in [1.165, 1.54) is 0 Å². The highest BCUT2D eigenvalue weighted by Gasteiger charge is 2.40. The molecule has 0 bridgehead atoms. The molecule has 3 rings (SSSR count). The lowest BCUT2D eigenvalue weighted by Gasteiger charge is -2.47. The number of carbonyl (C=O) groups excluding carboxylic acids is 2. The van der Waals surface area contributed by atoms with Crippen LogP contribution < -0.4 is 5.73 Å². The second-order valence-corrected chi connectivity index (χ2v) is 6.70. The lowest BCUT2D eigenvalue weighted by Crippen LogP contribution is -2.58. The van der Waals surface area contributed by atoms with Gasteiger partial charge in [-0.15, -0.1) is 0 Å². The van der Waals surface area contributed by atoms with E-state index in [2.05, 4.69) is 0 Å². The molecule has 0 spiro atoms. The maximum absolute atomic E-state index is 12.7. The highest BCUT2D eigenvalue weighted by atomic mass is 16.5. The molecule has 6 heteroatoms. The van der Waals surface area contributed by atoms with Gasteiger partial charge in [0.05, 0.1) is 0 Å². The first kappa shape index (κ1) is 15.7. The van der Waals surface area contributed by atoms with Crippen LogP contribution in [0.2, 0.25) is 0 Å². The Kier molecular flexibility index (Phi) is 4.98. The average Bonchev–Trinajstić information content (AvgIpc) is 2.57. The van der Waals surface area contributed by atoms with Gasteiger partial charge in [-0.05, 0) is 31.6 Å². The fourth-order valence-corrected chi connectivity index (χ4v) is 4.18. The quantitative estimate of drug-likeness (QED) is 0.809. The number of ether oxygens (including phenoxy) is 1. The lowest BCUT2D eigenvalue weighted by atomic mass is 9.83. The van der Waals surface area contributed by atoms with Crippen molar-refractivity contribution in [3.8, 4) is 0 Å². The first-order valence-electron chi connectivity index (χ1n) is 8.56. The van der Waals surface area contributed by atoms with Gasteiger partial charge in [0.25, 0.3) is 0 Å². The summed E-state index contributed by atoms with van der Waals surface area (Å²) in [4.78, 5) is 28.7. The summed E-state index contributed by atoms with van der Waals surface area (Å²) in [5.74, 6) is 1.08. The minimum absolute atomic E-state index is 0.135. The topological polar surface area (TPSA) is 75.9 Å². The highest BCUT2D eigenvalue weighted by molar-refractivity contribution is 5.80. The molecule has 0 aliphatic carbocycles. The Morgan fingerprint density at radius 3 is 2.73 bits per heavy atom. The Hall–Kier alpha value is -1.14. The molecule has 3 aliphatic rings. The molecule has 6 nitrogen and oxygen atoms in total. The summed E-state index contributed by atoms with van der Waals surface area (Å²) in [6.45, 7) is 4.14. The van der Waals surface area contributed by atoms with Gasteiger partial charge in [-0.1, -0.05) is 0 Å². The fourth-order valence-electron chi connectivity index (χ4n) is 4.18. The molecule has 0 radical (unpaired) electrons. The van der Waals surface area contributed by atoms with Gasteiger partial charge in [-0.25, -0.2) is 0 Å². The van der Waals surface area contributed by atoms with E-state index in [9.17, 15) is 9.59 Å².